The predicted molar refractivity (Wildman–Crippen MR) is 37.9 cm³/mol. The first kappa shape index (κ1) is 4.92. The third kappa shape index (κ3) is 0.693. The van der Waals surface area contributed by atoms with E-state index in [1.165, 1.54) is 25.0 Å². The smallest absolute Gasteiger partial charge is 0.000812 e. The van der Waals surface area contributed by atoms with Gasteiger partial charge >= 0.3 is 0 Å². The minimum Gasteiger partial charge on any atom is -0.131 e. The molecular weight excluding hydrogens is 116 g/mol. The fourth-order valence-electron chi connectivity index (χ4n) is 1.37. The van der Waals surface area contributed by atoms with Crippen LogP contribution >= 0.6 is 11.8 Å². The highest BCUT2D eigenvalue weighted by Crippen LogP contribution is 2.39. The fraction of sp³-hybridized carbons (Fsp3) is 0.714. The van der Waals surface area contributed by atoms with E-state index in [-0.39, 0.29) is 0 Å². The van der Waals surface area contributed by atoms with Gasteiger partial charge in [0, 0.05) is 5.75 Å². The number of rotatable bonds is 0. The molecule has 0 aromatic carbocycles. The summed E-state index contributed by atoms with van der Waals surface area (Å²) in [7, 11) is 0. The zero-order valence-corrected chi connectivity index (χ0v) is 5.71. The highest BCUT2D eigenvalue weighted by atomic mass is 32.2. The molecule has 3 rings (SSSR count). The lowest BCUT2D eigenvalue weighted by molar-refractivity contribution is 0.520. The molecule has 3 aliphatic rings. The van der Waals surface area contributed by atoms with Crippen LogP contribution in [0.4, 0.5) is 0 Å². The van der Waals surface area contributed by atoms with E-state index in [1.54, 1.807) is 4.91 Å². The second-order valence-electron chi connectivity index (χ2n) is 2.62. The van der Waals surface area contributed by atoms with Crippen LogP contribution in [0.1, 0.15) is 19.3 Å². The van der Waals surface area contributed by atoms with Crippen molar-refractivity contribution in [1.82, 2.24) is 0 Å². The first-order valence-corrected chi connectivity index (χ1v) is 4.25. The molecule has 0 spiro atoms. The van der Waals surface area contributed by atoms with Crippen LogP contribution in [0.5, 0.6) is 0 Å². The number of hydrogen-bond acceptors (Lipinski definition) is 1. The number of hydrogen-bond donors (Lipinski definition) is 0. The molecule has 0 aromatic heterocycles. The van der Waals surface area contributed by atoms with Gasteiger partial charge in [-0.3, -0.25) is 0 Å². The maximum absolute atomic E-state index is 2.42. The van der Waals surface area contributed by atoms with E-state index in [2.05, 4.69) is 17.8 Å². The lowest BCUT2D eigenvalue weighted by Crippen LogP contribution is -2.13. The zero-order valence-electron chi connectivity index (χ0n) is 4.89. The summed E-state index contributed by atoms with van der Waals surface area (Å²) < 4.78 is 0. The highest BCUT2D eigenvalue weighted by molar-refractivity contribution is 8.03. The van der Waals surface area contributed by atoms with Gasteiger partial charge < -0.3 is 0 Å². The van der Waals surface area contributed by atoms with Crippen LogP contribution in [0.2, 0.25) is 0 Å². The molecule has 2 aliphatic heterocycles. The molecule has 1 aliphatic carbocycles. The molecular formula is C7H10S. The number of fused-ring (bicyclic) bond motifs is 3. The van der Waals surface area contributed by atoms with Crippen LogP contribution in [0.15, 0.2) is 11.0 Å². The Kier molecular flexibility index (Phi) is 1.11. The molecule has 1 atom stereocenters. The molecule has 0 aromatic rings. The predicted octanol–water partition coefficient (Wildman–Crippen LogP) is 2.42. The van der Waals surface area contributed by atoms with Crippen molar-refractivity contribution in [2.75, 3.05) is 5.75 Å². The number of thioether (sulfide) groups is 1. The summed E-state index contributed by atoms with van der Waals surface area (Å²) >= 11 is 2.07. The molecule has 1 unspecified atom stereocenters. The van der Waals surface area contributed by atoms with Crippen LogP contribution < -0.4 is 0 Å². The summed E-state index contributed by atoms with van der Waals surface area (Å²) in [5.41, 5.74) is 0. The third-order valence-corrected chi connectivity index (χ3v) is 3.36. The maximum Gasteiger partial charge on any atom is 0.000812 e. The van der Waals surface area contributed by atoms with Crippen molar-refractivity contribution in [3.63, 3.8) is 0 Å². The van der Waals surface area contributed by atoms with Gasteiger partial charge in [0.1, 0.15) is 0 Å². The van der Waals surface area contributed by atoms with E-state index >= 15 is 0 Å². The zero-order chi connectivity index (χ0) is 5.40. The van der Waals surface area contributed by atoms with Crippen LogP contribution in [-0.2, 0) is 0 Å². The van der Waals surface area contributed by atoms with Gasteiger partial charge in [-0.25, -0.2) is 0 Å². The highest BCUT2D eigenvalue weighted by Gasteiger charge is 2.20. The van der Waals surface area contributed by atoms with Gasteiger partial charge in [0.25, 0.3) is 0 Å². The quantitative estimate of drug-likeness (QED) is 0.480. The molecule has 0 N–H and O–H groups in total. The Morgan fingerprint density at radius 3 is 2.75 bits per heavy atom. The Hall–Kier alpha value is 0.0900. The van der Waals surface area contributed by atoms with Crippen molar-refractivity contribution in [3.05, 3.63) is 11.0 Å². The second kappa shape index (κ2) is 1.80. The van der Waals surface area contributed by atoms with E-state index < -0.39 is 0 Å². The van der Waals surface area contributed by atoms with E-state index in [0.717, 1.165) is 5.92 Å². The molecule has 8 heavy (non-hydrogen) atoms. The monoisotopic (exact) mass is 126 g/mol. The first-order chi connectivity index (χ1) is 3.95. The molecule has 0 radical (unpaired) electrons. The number of allylic oxidation sites excluding steroid dienone is 2. The average molecular weight is 126 g/mol. The van der Waals surface area contributed by atoms with Crippen molar-refractivity contribution in [1.29, 1.82) is 0 Å². The molecule has 1 fully saturated rings. The van der Waals surface area contributed by atoms with Gasteiger partial charge in [-0.2, -0.15) is 0 Å². The molecule has 1 saturated heterocycles. The van der Waals surface area contributed by atoms with Crippen molar-refractivity contribution < 1.29 is 0 Å². The third-order valence-electron chi connectivity index (χ3n) is 1.98. The van der Waals surface area contributed by atoms with Gasteiger partial charge in [0.15, 0.2) is 0 Å². The molecule has 0 amide bonds. The molecule has 0 nitrogen and oxygen atoms in total. The Labute approximate surface area is 54.4 Å². The van der Waals surface area contributed by atoms with Crippen molar-refractivity contribution in [2.24, 2.45) is 5.92 Å². The van der Waals surface area contributed by atoms with Gasteiger partial charge in [-0.05, 0) is 30.1 Å². The summed E-state index contributed by atoms with van der Waals surface area (Å²) in [6, 6.07) is 0. The van der Waals surface area contributed by atoms with Gasteiger partial charge in [0.2, 0.25) is 0 Å². The van der Waals surface area contributed by atoms with Crippen molar-refractivity contribution in [3.8, 4) is 0 Å². The van der Waals surface area contributed by atoms with E-state index in [0.29, 0.717) is 0 Å². The fourth-order valence-corrected chi connectivity index (χ4v) is 2.60. The Morgan fingerprint density at radius 1 is 1.62 bits per heavy atom. The topological polar surface area (TPSA) is 0 Å². The van der Waals surface area contributed by atoms with Crippen LogP contribution in [-0.4, -0.2) is 5.75 Å². The second-order valence-corrected chi connectivity index (χ2v) is 3.77. The lowest BCUT2D eigenvalue weighted by atomic mass is 9.95. The Morgan fingerprint density at radius 2 is 2.62 bits per heavy atom. The normalized spacial score (nSPS) is 35.0. The van der Waals surface area contributed by atoms with Gasteiger partial charge in [-0.15, -0.1) is 11.8 Å². The largest absolute Gasteiger partial charge is 0.131 e. The maximum atomic E-state index is 2.42. The standard InChI is InChI=1S/C7H10S/c1-3-7-4-2-6(1)5-8-7/h3,6H,1-2,4-5H2. The van der Waals surface area contributed by atoms with E-state index in [9.17, 15) is 0 Å². The minimum absolute atomic E-state index is 1.04. The van der Waals surface area contributed by atoms with E-state index in [4.69, 9.17) is 0 Å². The summed E-state index contributed by atoms with van der Waals surface area (Å²) in [6.07, 6.45) is 6.65. The van der Waals surface area contributed by atoms with Crippen molar-refractivity contribution >= 4 is 11.8 Å². The van der Waals surface area contributed by atoms with Gasteiger partial charge in [-0.1, -0.05) is 6.08 Å². The Bertz CT molecular complexity index is 116. The Balaban J connectivity index is 2.22. The lowest BCUT2D eigenvalue weighted by Gasteiger charge is -2.27. The van der Waals surface area contributed by atoms with Crippen LogP contribution in [0.25, 0.3) is 0 Å². The first-order valence-electron chi connectivity index (χ1n) is 3.27. The summed E-state index contributed by atoms with van der Waals surface area (Å²) in [5.74, 6) is 2.45. The molecule has 44 valence electrons. The SMILES string of the molecule is C1=C2CCC(C1)CS2. The van der Waals surface area contributed by atoms with E-state index in [1.807, 2.05) is 0 Å². The van der Waals surface area contributed by atoms with Crippen molar-refractivity contribution in [2.45, 2.75) is 19.3 Å². The molecule has 2 bridgehead atoms. The summed E-state index contributed by atoms with van der Waals surface area (Å²) in [6.45, 7) is 0. The molecule has 2 heterocycles. The molecule has 1 heteroatoms. The van der Waals surface area contributed by atoms with Gasteiger partial charge in [0.05, 0.1) is 0 Å². The average Bonchev–Trinajstić information content (AvgIpc) is 1.92. The van der Waals surface area contributed by atoms with Crippen LogP contribution in [0.3, 0.4) is 0 Å². The summed E-state index contributed by atoms with van der Waals surface area (Å²) in [4.78, 5) is 1.66. The summed E-state index contributed by atoms with van der Waals surface area (Å²) in [5, 5.41) is 0. The molecule has 0 saturated carbocycles. The van der Waals surface area contributed by atoms with Crippen LogP contribution in [0, 0.1) is 5.92 Å². The minimum atomic E-state index is 1.04.